The number of phenolic OH excluding ortho intramolecular Hbond substituents is 1. The van der Waals surface area contributed by atoms with Crippen LogP contribution in [-0.2, 0) is 25.8 Å². The summed E-state index contributed by atoms with van der Waals surface area (Å²) < 4.78 is 40.2. The van der Waals surface area contributed by atoms with Gasteiger partial charge in [0.05, 0.1) is 6.61 Å². The zero-order valence-corrected chi connectivity index (χ0v) is 16.8. The highest BCUT2D eigenvalue weighted by Gasteiger charge is 2.44. The van der Waals surface area contributed by atoms with Crippen molar-refractivity contribution in [2.45, 2.75) is 36.3 Å². The Balaban J connectivity index is 1.89. The van der Waals surface area contributed by atoms with Crippen LogP contribution in [0.1, 0.15) is 5.56 Å². The lowest BCUT2D eigenvalue weighted by Gasteiger charge is -2.39. The van der Waals surface area contributed by atoms with Gasteiger partial charge in [0.2, 0.25) is 0 Å². The second kappa shape index (κ2) is 9.07. The second-order valence-corrected chi connectivity index (χ2v) is 8.67. The average Bonchev–Trinajstić information content (AvgIpc) is 3.10. The molecular formula is C16H20N2O10S2. The van der Waals surface area contributed by atoms with E-state index in [9.17, 15) is 34.0 Å². The molecule has 3 rings (SSSR count). The molecule has 166 valence electrons. The van der Waals surface area contributed by atoms with Gasteiger partial charge in [-0.1, -0.05) is 23.0 Å². The summed E-state index contributed by atoms with van der Waals surface area (Å²) >= 11 is 0.651. The van der Waals surface area contributed by atoms with Gasteiger partial charge < -0.3 is 35.3 Å². The van der Waals surface area contributed by atoms with Crippen LogP contribution in [0.4, 0.5) is 0 Å². The molecule has 0 saturated carbocycles. The van der Waals surface area contributed by atoms with Gasteiger partial charge in [-0.05, 0) is 17.7 Å². The van der Waals surface area contributed by atoms with E-state index in [-0.39, 0.29) is 17.2 Å². The van der Waals surface area contributed by atoms with Crippen molar-refractivity contribution >= 4 is 38.1 Å². The van der Waals surface area contributed by atoms with Gasteiger partial charge in [-0.3, -0.25) is 4.55 Å². The monoisotopic (exact) mass is 464 g/mol. The van der Waals surface area contributed by atoms with E-state index in [1.54, 1.807) is 18.3 Å². The van der Waals surface area contributed by atoms with E-state index in [0.29, 0.717) is 28.2 Å². The number of aromatic amines is 1. The zero-order chi connectivity index (χ0) is 22.1. The zero-order valence-electron chi connectivity index (χ0n) is 15.2. The summed E-state index contributed by atoms with van der Waals surface area (Å²) in [4.78, 5) is 2.93. The van der Waals surface area contributed by atoms with E-state index in [1.165, 1.54) is 6.07 Å². The number of nitrogens with zero attached hydrogens (tertiary/aromatic N) is 1. The Labute approximate surface area is 174 Å². The molecule has 0 radical (unpaired) electrons. The van der Waals surface area contributed by atoms with Crippen LogP contribution in [-0.4, -0.2) is 85.0 Å². The number of phenols is 1. The maximum Gasteiger partial charge on any atom is 0.466 e. The number of benzene rings is 1. The molecule has 1 aliphatic rings. The highest BCUT2D eigenvalue weighted by molar-refractivity contribution is 8.14. The fourth-order valence-corrected chi connectivity index (χ4v) is 4.34. The number of oxime groups is 1. The molecule has 0 bridgehead atoms. The number of nitrogens with one attached hydrogen (secondary N) is 1. The average molecular weight is 464 g/mol. The molecule has 0 spiro atoms. The van der Waals surface area contributed by atoms with Crippen LogP contribution in [0.5, 0.6) is 5.75 Å². The van der Waals surface area contributed by atoms with Gasteiger partial charge in [-0.2, -0.15) is 8.42 Å². The van der Waals surface area contributed by atoms with E-state index >= 15 is 0 Å². The predicted molar refractivity (Wildman–Crippen MR) is 105 cm³/mol. The highest BCUT2D eigenvalue weighted by atomic mass is 32.3. The number of rotatable bonds is 6. The molecule has 5 atom stereocenters. The fourth-order valence-electron chi connectivity index (χ4n) is 3.02. The van der Waals surface area contributed by atoms with Crippen molar-refractivity contribution in [3.8, 4) is 5.75 Å². The van der Waals surface area contributed by atoms with Gasteiger partial charge in [0, 0.05) is 23.5 Å². The van der Waals surface area contributed by atoms with Gasteiger partial charge in [0.25, 0.3) is 0 Å². The molecule has 1 aromatic heterocycles. The first kappa shape index (κ1) is 22.8. The quantitative estimate of drug-likeness (QED) is 0.121. The number of H-pyrrole nitrogens is 1. The standard InChI is InChI=1S/C16H20N2O10S2/c19-6-10-13(21)14(22)15(23)16(27-10)29-11(18-28-30(24,25)26)4-7-5-17-8-2-1-3-9(20)12(7)8/h1-3,5,10,13-17,19-23H,4,6H2,(H,24,25,26)/b18-11+/t10-,13+,14+,15-,16+/m1/s1. The largest absolute Gasteiger partial charge is 0.507 e. The molecule has 7 N–H and O–H groups in total. The Morgan fingerprint density at radius 1 is 1.23 bits per heavy atom. The lowest BCUT2D eigenvalue weighted by atomic mass is 10.0. The van der Waals surface area contributed by atoms with Gasteiger partial charge >= 0.3 is 10.4 Å². The Morgan fingerprint density at radius 3 is 2.63 bits per heavy atom. The van der Waals surface area contributed by atoms with Crippen LogP contribution in [0.25, 0.3) is 10.9 Å². The highest BCUT2D eigenvalue weighted by Crippen LogP contribution is 2.33. The smallest absolute Gasteiger partial charge is 0.466 e. The molecule has 1 fully saturated rings. The summed E-state index contributed by atoms with van der Waals surface area (Å²) in [7, 11) is -4.93. The van der Waals surface area contributed by atoms with E-state index in [1.807, 2.05) is 0 Å². The maximum absolute atomic E-state index is 10.9. The molecule has 1 aromatic carbocycles. The van der Waals surface area contributed by atoms with E-state index in [0.717, 1.165) is 0 Å². The topological polar surface area (TPSA) is 202 Å². The number of aliphatic hydroxyl groups is 4. The predicted octanol–water partition coefficient (Wildman–Crippen LogP) is -0.918. The van der Waals surface area contributed by atoms with E-state index in [2.05, 4.69) is 14.4 Å². The number of aromatic nitrogens is 1. The van der Waals surface area contributed by atoms with Crippen LogP contribution >= 0.6 is 11.8 Å². The Kier molecular flexibility index (Phi) is 6.88. The maximum atomic E-state index is 10.9. The Morgan fingerprint density at radius 2 is 1.97 bits per heavy atom. The van der Waals surface area contributed by atoms with Gasteiger partial charge in [-0.15, -0.1) is 0 Å². The van der Waals surface area contributed by atoms with Crippen molar-refractivity contribution in [3.63, 3.8) is 0 Å². The number of aliphatic hydroxyl groups excluding tert-OH is 4. The van der Waals surface area contributed by atoms with Gasteiger partial charge in [-0.25, -0.2) is 4.28 Å². The number of hydrogen-bond acceptors (Lipinski definition) is 11. The summed E-state index contributed by atoms with van der Waals surface area (Å²) in [6.45, 7) is -0.647. The number of fused-ring (bicyclic) bond motifs is 1. The molecule has 0 amide bonds. The molecule has 0 unspecified atom stereocenters. The molecule has 30 heavy (non-hydrogen) atoms. The second-order valence-electron chi connectivity index (χ2n) is 6.49. The number of thioether (sulfide) groups is 1. The molecule has 2 aromatic rings. The summed E-state index contributed by atoms with van der Waals surface area (Å²) in [5, 5.41) is 53.1. The van der Waals surface area contributed by atoms with Crippen LogP contribution in [0.2, 0.25) is 0 Å². The normalized spacial score (nSPS) is 28.0. The minimum atomic E-state index is -4.93. The summed E-state index contributed by atoms with van der Waals surface area (Å²) in [5.41, 5.74) is -0.182. The Bertz CT molecular complexity index is 1020. The van der Waals surface area contributed by atoms with Crippen molar-refractivity contribution in [3.05, 3.63) is 30.0 Å². The number of hydrogen-bond donors (Lipinski definition) is 7. The minimum absolute atomic E-state index is 0.0448. The van der Waals surface area contributed by atoms with Crippen molar-refractivity contribution in [1.29, 1.82) is 0 Å². The molecule has 0 aliphatic carbocycles. The SMILES string of the molecule is O=S(=O)(O)O/N=C(\Cc1c[nH]c2cccc(O)c12)S[C@@H]1O[C@H](CO)[C@H](O)[C@H](O)[C@H]1O. The van der Waals surface area contributed by atoms with Crippen molar-refractivity contribution in [1.82, 2.24) is 4.98 Å². The number of ether oxygens (including phenoxy) is 1. The van der Waals surface area contributed by atoms with Crippen LogP contribution in [0.3, 0.4) is 0 Å². The fraction of sp³-hybridized carbons (Fsp3) is 0.438. The molecule has 2 heterocycles. The molecule has 14 heteroatoms. The third kappa shape index (κ3) is 5.04. The summed E-state index contributed by atoms with van der Waals surface area (Å²) in [5.74, 6) is -0.0448. The molecular weight excluding hydrogens is 444 g/mol. The molecule has 1 saturated heterocycles. The lowest BCUT2D eigenvalue weighted by Crippen LogP contribution is -2.57. The minimum Gasteiger partial charge on any atom is -0.507 e. The van der Waals surface area contributed by atoms with Crippen molar-refractivity contribution in [2.75, 3.05) is 6.61 Å². The number of aromatic hydroxyl groups is 1. The van der Waals surface area contributed by atoms with E-state index in [4.69, 9.17) is 9.29 Å². The third-order valence-electron chi connectivity index (χ3n) is 4.44. The first-order chi connectivity index (χ1) is 14.1. The molecule has 12 nitrogen and oxygen atoms in total. The van der Waals surface area contributed by atoms with Crippen molar-refractivity contribution < 1.29 is 47.5 Å². The van der Waals surface area contributed by atoms with Crippen molar-refractivity contribution in [2.24, 2.45) is 5.16 Å². The first-order valence-corrected chi connectivity index (χ1v) is 10.8. The van der Waals surface area contributed by atoms with Gasteiger partial charge in [0.15, 0.2) is 0 Å². The van der Waals surface area contributed by atoms with Crippen LogP contribution in [0, 0.1) is 0 Å². The van der Waals surface area contributed by atoms with Crippen LogP contribution < -0.4 is 0 Å². The first-order valence-electron chi connectivity index (χ1n) is 8.58. The lowest BCUT2D eigenvalue weighted by molar-refractivity contribution is -0.205. The summed E-state index contributed by atoms with van der Waals surface area (Å²) in [6.07, 6.45) is -4.58. The Hall–Kier alpha value is -1.91. The third-order valence-corrected chi connectivity index (χ3v) is 5.82. The molecule has 1 aliphatic heterocycles. The van der Waals surface area contributed by atoms with Gasteiger partial charge in [0.1, 0.15) is 40.6 Å². The van der Waals surface area contributed by atoms with Crippen LogP contribution in [0.15, 0.2) is 29.6 Å². The summed E-state index contributed by atoms with van der Waals surface area (Å²) in [6, 6.07) is 4.78. The van der Waals surface area contributed by atoms with E-state index < -0.39 is 46.9 Å².